The molecule has 0 heterocycles. The minimum absolute atomic E-state index is 0.0511. The molecule has 2 aromatic rings. The van der Waals surface area contributed by atoms with Crippen LogP contribution >= 0.6 is 46.4 Å². The van der Waals surface area contributed by atoms with Crippen LogP contribution in [0.1, 0.15) is 25.8 Å². The van der Waals surface area contributed by atoms with Gasteiger partial charge in [0, 0.05) is 18.6 Å². The zero-order valence-electron chi connectivity index (χ0n) is 17.1. The van der Waals surface area contributed by atoms with E-state index in [1.165, 1.54) is 6.08 Å². The Hall–Kier alpha value is -1.79. The Kier molecular flexibility index (Phi) is 11.2. The maximum Gasteiger partial charge on any atom is 0.156 e. The zero-order valence-corrected chi connectivity index (χ0v) is 20.1. The largest absolute Gasteiger partial charge is 0.493 e. The van der Waals surface area contributed by atoms with Gasteiger partial charge in [-0.3, -0.25) is 0 Å². The first kappa shape index (κ1) is 25.5. The molecule has 0 amide bonds. The van der Waals surface area contributed by atoms with E-state index in [0.29, 0.717) is 41.2 Å². The summed E-state index contributed by atoms with van der Waals surface area (Å²) in [5.41, 5.74) is 0.926. The minimum atomic E-state index is 0.0511. The molecule has 0 atom stereocenters. The van der Waals surface area contributed by atoms with E-state index in [0.717, 1.165) is 11.3 Å². The van der Waals surface area contributed by atoms with Crippen molar-refractivity contribution in [2.45, 2.75) is 26.4 Å². The molecule has 0 aliphatic carbocycles. The van der Waals surface area contributed by atoms with Crippen LogP contribution in [0.5, 0.6) is 17.2 Å². The Morgan fingerprint density at radius 1 is 0.935 bits per heavy atom. The van der Waals surface area contributed by atoms with Gasteiger partial charge < -0.3 is 19.0 Å². The fourth-order valence-electron chi connectivity index (χ4n) is 2.25. The second-order valence-corrected chi connectivity index (χ2v) is 8.35. The predicted octanol–water partition coefficient (Wildman–Crippen LogP) is 7.30. The molecule has 0 aliphatic heterocycles. The second-order valence-electron chi connectivity index (χ2n) is 6.53. The highest BCUT2D eigenvalue weighted by molar-refractivity contribution is 6.55. The summed E-state index contributed by atoms with van der Waals surface area (Å²) in [6, 6.07) is 10.8. The highest BCUT2D eigenvalue weighted by atomic mass is 35.5. The van der Waals surface area contributed by atoms with Gasteiger partial charge in [-0.2, -0.15) is 0 Å². The van der Waals surface area contributed by atoms with Crippen molar-refractivity contribution in [1.82, 2.24) is 0 Å². The van der Waals surface area contributed by atoms with E-state index < -0.39 is 0 Å². The number of nitrogens with zero attached hydrogens (tertiary/aromatic N) is 1. The molecule has 5 nitrogen and oxygen atoms in total. The quantitative estimate of drug-likeness (QED) is 0.172. The standard InChI is InChI=1S/C22H23Cl4NO4/c1-15(2)31-27-14-16-4-6-17(7-5-16)28-9-3-10-30-22-19(23)12-18(13-20(22)24)29-11-8-21(25)26/h4-8,12-15H,3,9-11H2,1-2H3. The van der Waals surface area contributed by atoms with Gasteiger partial charge in [-0.05, 0) is 49.8 Å². The average Bonchev–Trinajstić information content (AvgIpc) is 2.70. The number of hydrogen-bond acceptors (Lipinski definition) is 5. The molecule has 0 N–H and O–H groups in total. The molecular weight excluding hydrogens is 484 g/mol. The van der Waals surface area contributed by atoms with Crippen molar-refractivity contribution in [2.75, 3.05) is 19.8 Å². The van der Waals surface area contributed by atoms with Crippen LogP contribution in [-0.4, -0.2) is 32.1 Å². The summed E-state index contributed by atoms with van der Waals surface area (Å²) >= 11 is 23.6. The van der Waals surface area contributed by atoms with E-state index in [4.69, 9.17) is 65.5 Å². The molecular formula is C22H23Cl4NO4. The first-order valence-corrected chi connectivity index (χ1v) is 11.0. The average molecular weight is 507 g/mol. The molecule has 9 heteroatoms. The predicted molar refractivity (Wildman–Crippen MR) is 128 cm³/mol. The van der Waals surface area contributed by atoms with Crippen LogP contribution in [-0.2, 0) is 4.84 Å². The van der Waals surface area contributed by atoms with E-state index in [-0.39, 0.29) is 17.2 Å². The number of halogens is 4. The van der Waals surface area contributed by atoms with Crippen LogP contribution in [0.2, 0.25) is 10.0 Å². The molecule has 0 radical (unpaired) electrons. The number of benzene rings is 2. The molecule has 0 unspecified atom stereocenters. The summed E-state index contributed by atoms with van der Waals surface area (Å²) in [6.07, 6.45) is 3.87. The van der Waals surface area contributed by atoms with E-state index in [1.807, 2.05) is 38.1 Å². The van der Waals surface area contributed by atoms with Gasteiger partial charge in [-0.25, -0.2) is 0 Å². The summed E-state index contributed by atoms with van der Waals surface area (Å²) in [5, 5.41) is 4.60. The fourth-order valence-corrected chi connectivity index (χ4v) is 2.95. The zero-order chi connectivity index (χ0) is 22.6. The van der Waals surface area contributed by atoms with Crippen LogP contribution in [0.15, 0.2) is 52.1 Å². The normalized spacial score (nSPS) is 10.9. The second kappa shape index (κ2) is 13.6. The summed E-state index contributed by atoms with van der Waals surface area (Å²) in [7, 11) is 0. The van der Waals surface area contributed by atoms with E-state index in [2.05, 4.69) is 5.16 Å². The molecule has 2 aromatic carbocycles. The van der Waals surface area contributed by atoms with Crippen molar-refractivity contribution in [3.8, 4) is 17.2 Å². The molecule has 0 saturated carbocycles. The minimum Gasteiger partial charge on any atom is -0.493 e. The van der Waals surface area contributed by atoms with Gasteiger partial charge >= 0.3 is 0 Å². The third-order valence-electron chi connectivity index (χ3n) is 3.62. The number of rotatable bonds is 12. The van der Waals surface area contributed by atoms with Crippen LogP contribution in [0.25, 0.3) is 0 Å². The van der Waals surface area contributed by atoms with Crippen molar-refractivity contribution < 1.29 is 19.0 Å². The molecule has 0 aromatic heterocycles. The first-order valence-electron chi connectivity index (χ1n) is 9.53. The number of ether oxygens (including phenoxy) is 3. The molecule has 168 valence electrons. The van der Waals surface area contributed by atoms with Gasteiger partial charge in [0.15, 0.2) is 5.75 Å². The van der Waals surface area contributed by atoms with Crippen LogP contribution in [0, 0.1) is 0 Å². The third-order valence-corrected chi connectivity index (χ3v) is 4.49. The lowest BCUT2D eigenvalue weighted by Crippen LogP contribution is -2.06. The first-order chi connectivity index (χ1) is 14.8. The van der Waals surface area contributed by atoms with Gasteiger partial charge in [-0.15, -0.1) is 0 Å². The number of hydrogen-bond donors (Lipinski definition) is 0. The summed E-state index contributed by atoms with van der Waals surface area (Å²) in [4.78, 5) is 5.14. The van der Waals surface area contributed by atoms with E-state index >= 15 is 0 Å². The Bertz CT molecular complexity index is 859. The Morgan fingerprint density at radius 3 is 2.19 bits per heavy atom. The molecule has 0 bridgehead atoms. The maximum absolute atomic E-state index is 6.25. The topological polar surface area (TPSA) is 49.3 Å². The molecule has 31 heavy (non-hydrogen) atoms. The lowest BCUT2D eigenvalue weighted by atomic mass is 10.2. The Morgan fingerprint density at radius 2 is 1.58 bits per heavy atom. The van der Waals surface area contributed by atoms with Crippen molar-refractivity contribution in [2.24, 2.45) is 5.16 Å². The Labute approximate surface area is 202 Å². The third kappa shape index (κ3) is 9.92. The highest BCUT2D eigenvalue weighted by Crippen LogP contribution is 2.37. The SMILES string of the molecule is CC(C)ON=Cc1ccc(OCCCOc2c(Cl)cc(OCC=C(Cl)Cl)cc2Cl)cc1. The van der Waals surface area contributed by atoms with E-state index in [9.17, 15) is 0 Å². The summed E-state index contributed by atoms with van der Waals surface area (Å²) in [6.45, 7) is 4.91. The molecule has 2 rings (SSSR count). The molecule has 0 saturated heterocycles. The van der Waals surface area contributed by atoms with Crippen molar-refractivity contribution >= 4 is 52.6 Å². The van der Waals surface area contributed by atoms with Gasteiger partial charge in [0.1, 0.15) is 28.7 Å². The monoisotopic (exact) mass is 505 g/mol. The van der Waals surface area contributed by atoms with Crippen LogP contribution < -0.4 is 14.2 Å². The van der Waals surface area contributed by atoms with Crippen LogP contribution in [0.3, 0.4) is 0 Å². The summed E-state index contributed by atoms with van der Waals surface area (Å²) in [5.74, 6) is 1.64. The van der Waals surface area contributed by atoms with Crippen molar-refractivity contribution in [3.05, 3.63) is 62.6 Å². The van der Waals surface area contributed by atoms with E-state index in [1.54, 1.807) is 18.3 Å². The maximum atomic E-state index is 6.25. The lowest BCUT2D eigenvalue weighted by molar-refractivity contribution is 0.0873. The summed E-state index contributed by atoms with van der Waals surface area (Å²) < 4.78 is 17.0. The van der Waals surface area contributed by atoms with Crippen LogP contribution in [0.4, 0.5) is 0 Å². The smallest absolute Gasteiger partial charge is 0.156 e. The lowest BCUT2D eigenvalue weighted by Gasteiger charge is -2.12. The van der Waals surface area contributed by atoms with Crippen molar-refractivity contribution in [1.29, 1.82) is 0 Å². The number of oxime groups is 1. The molecule has 0 fully saturated rings. The highest BCUT2D eigenvalue weighted by Gasteiger charge is 2.10. The van der Waals surface area contributed by atoms with Gasteiger partial charge in [-0.1, -0.05) is 51.6 Å². The van der Waals surface area contributed by atoms with Gasteiger partial charge in [0.05, 0.1) is 29.5 Å². The Balaban J connectivity index is 1.75. The van der Waals surface area contributed by atoms with Crippen molar-refractivity contribution in [3.63, 3.8) is 0 Å². The molecule has 0 spiro atoms. The molecule has 0 aliphatic rings. The van der Waals surface area contributed by atoms with Gasteiger partial charge in [0.25, 0.3) is 0 Å². The van der Waals surface area contributed by atoms with Gasteiger partial charge in [0.2, 0.25) is 0 Å². The fraction of sp³-hybridized carbons (Fsp3) is 0.318.